The van der Waals surface area contributed by atoms with Crippen LogP contribution >= 0.6 is 0 Å². The third-order valence-corrected chi connectivity index (χ3v) is 20.8. The van der Waals surface area contributed by atoms with Crippen molar-refractivity contribution in [1.29, 1.82) is 0 Å². The zero-order valence-corrected chi connectivity index (χ0v) is 64.2. The van der Waals surface area contributed by atoms with Crippen molar-refractivity contribution in [2.75, 3.05) is 13.2 Å². The number of allylic oxidation sites excluding steroid dienone is 4. The van der Waals surface area contributed by atoms with E-state index in [0.29, 0.717) is 25.9 Å². The summed E-state index contributed by atoms with van der Waals surface area (Å²) in [4.78, 5) is 24.7. The number of amides is 1. The highest BCUT2D eigenvalue weighted by molar-refractivity contribution is 5.76. The zero-order chi connectivity index (χ0) is 67.7. The Morgan fingerprint density at radius 1 is 0.298 bits per heavy atom. The number of aliphatic hydroxyl groups excluding tert-OH is 2. The molecule has 0 saturated heterocycles. The normalized spacial score (nSPS) is 12.5. The second-order valence-electron chi connectivity index (χ2n) is 30.2. The molecular formula is C88H171NO5. The van der Waals surface area contributed by atoms with Gasteiger partial charge in [-0.3, -0.25) is 9.59 Å². The van der Waals surface area contributed by atoms with E-state index in [9.17, 15) is 19.8 Å². The Morgan fingerprint density at radius 3 is 0.819 bits per heavy atom. The molecule has 0 aromatic heterocycles. The first-order valence-electron chi connectivity index (χ1n) is 43.6. The number of hydrogen-bond acceptors (Lipinski definition) is 5. The number of carbonyl (C=O) groups excluding carboxylic acids is 2. The molecule has 2 atom stereocenters. The molecule has 6 nitrogen and oxygen atoms in total. The first-order valence-corrected chi connectivity index (χ1v) is 43.6. The van der Waals surface area contributed by atoms with Crippen LogP contribution in [0.25, 0.3) is 0 Å². The highest BCUT2D eigenvalue weighted by Crippen LogP contribution is 2.21. The molecule has 2 unspecified atom stereocenters. The Hall–Kier alpha value is -1.66. The predicted octanol–water partition coefficient (Wildman–Crippen LogP) is 29.2. The van der Waals surface area contributed by atoms with Gasteiger partial charge in [-0.25, -0.2) is 0 Å². The van der Waals surface area contributed by atoms with Crippen molar-refractivity contribution in [3.63, 3.8) is 0 Å². The van der Waals surface area contributed by atoms with Crippen LogP contribution in [0, 0.1) is 0 Å². The van der Waals surface area contributed by atoms with Crippen LogP contribution < -0.4 is 5.32 Å². The van der Waals surface area contributed by atoms with Gasteiger partial charge in [0.05, 0.1) is 25.4 Å². The zero-order valence-electron chi connectivity index (χ0n) is 64.2. The lowest BCUT2D eigenvalue weighted by Crippen LogP contribution is -2.45. The molecule has 0 fully saturated rings. The third-order valence-electron chi connectivity index (χ3n) is 20.8. The van der Waals surface area contributed by atoms with Crippen LogP contribution in [-0.4, -0.2) is 47.4 Å². The molecule has 6 heteroatoms. The Labute approximate surface area is 590 Å². The second kappa shape index (κ2) is 83.8. The van der Waals surface area contributed by atoms with Crippen molar-refractivity contribution in [2.45, 2.75) is 514 Å². The molecule has 0 rings (SSSR count). The van der Waals surface area contributed by atoms with Crippen molar-refractivity contribution < 1.29 is 24.5 Å². The quantitative estimate of drug-likeness (QED) is 0.0320. The summed E-state index contributed by atoms with van der Waals surface area (Å²) < 4.78 is 5.50. The van der Waals surface area contributed by atoms with Crippen LogP contribution in [0.15, 0.2) is 24.3 Å². The van der Waals surface area contributed by atoms with Crippen molar-refractivity contribution >= 4 is 11.9 Å². The fourth-order valence-corrected chi connectivity index (χ4v) is 14.1. The predicted molar refractivity (Wildman–Crippen MR) is 417 cm³/mol. The second-order valence-corrected chi connectivity index (χ2v) is 30.2. The summed E-state index contributed by atoms with van der Waals surface area (Å²) in [7, 11) is 0. The number of hydrogen-bond donors (Lipinski definition) is 3. The highest BCUT2D eigenvalue weighted by Gasteiger charge is 2.20. The summed E-state index contributed by atoms with van der Waals surface area (Å²) in [5, 5.41) is 23.5. The minimum absolute atomic E-state index is 0.0110. The Bertz CT molecular complexity index is 1480. The molecular weight excluding hydrogens is 1150 g/mol. The van der Waals surface area contributed by atoms with Crippen LogP contribution in [0.1, 0.15) is 502 Å². The van der Waals surface area contributed by atoms with Crippen molar-refractivity contribution in [3.8, 4) is 0 Å². The van der Waals surface area contributed by atoms with Crippen LogP contribution in [0.4, 0.5) is 0 Å². The van der Waals surface area contributed by atoms with Gasteiger partial charge in [0.1, 0.15) is 0 Å². The summed E-state index contributed by atoms with van der Waals surface area (Å²) in [5.74, 6) is -0.0118. The van der Waals surface area contributed by atoms with E-state index < -0.39 is 12.1 Å². The lowest BCUT2D eigenvalue weighted by atomic mass is 10.0. The van der Waals surface area contributed by atoms with Crippen LogP contribution in [0.5, 0.6) is 0 Å². The number of unbranched alkanes of at least 4 members (excludes halogenated alkanes) is 68. The summed E-state index contributed by atoms with van der Waals surface area (Å²) >= 11 is 0. The van der Waals surface area contributed by atoms with Crippen molar-refractivity contribution in [1.82, 2.24) is 5.32 Å². The molecule has 0 radical (unpaired) electrons. The lowest BCUT2D eigenvalue weighted by Gasteiger charge is -2.22. The summed E-state index contributed by atoms with van der Waals surface area (Å²) in [5.41, 5.74) is 0. The van der Waals surface area contributed by atoms with Gasteiger partial charge >= 0.3 is 5.97 Å². The average molecular weight is 1320 g/mol. The van der Waals surface area contributed by atoms with E-state index in [1.165, 1.54) is 417 Å². The van der Waals surface area contributed by atoms with Gasteiger partial charge in [0, 0.05) is 12.8 Å². The minimum atomic E-state index is -0.662. The topological polar surface area (TPSA) is 95.9 Å². The molecule has 0 spiro atoms. The largest absolute Gasteiger partial charge is 0.466 e. The maximum Gasteiger partial charge on any atom is 0.305 e. The number of esters is 1. The summed E-state index contributed by atoms with van der Waals surface area (Å²) in [6.45, 7) is 4.99. The first kappa shape index (κ1) is 92.3. The van der Waals surface area contributed by atoms with E-state index in [4.69, 9.17) is 4.74 Å². The minimum Gasteiger partial charge on any atom is -0.466 e. The SMILES string of the molecule is CCCCCC/C=C\C/C=C\CCCCCCCC(=O)OCCCCCCCCCCCCCCCCCCCCCCCCCCCCCCCCCCCCCCCC(=O)NC(CO)C(O)CCCCCCCCCCCCCCCCCCCCCCCCCC. The summed E-state index contributed by atoms with van der Waals surface area (Å²) in [6.07, 6.45) is 109. The number of carbonyl (C=O) groups is 2. The number of rotatable bonds is 83. The van der Waals surface area contributed by atoms with Crippen molar-refractivity contribution in [2.24, 2.45) is 0 Å². The van der Waals surface area contributed by atoms with Gasteiger partial charge in [-0.05, 0) is 57.8 Å². The van der Waals surface area contributed by atoms with Gasteiger partial charge in [0.15, 0.2) is 0 Å². The van der Waals surface area contributed by atoms with E-state index in [-0.39, 0.29) is 18.5 Å². The summed E-state index contributed by atoms with van der Waals surface area (Å²) in [6, 6.07) is -0.538. The fraction of sp³-hybridized carbons (Fsp3) is 0.932. The van der Waals surface area contributed by atoms with Crippen molar-refractivity contribution in [3.05, 3.63) is 24.3 Å². The van der Waals surface area contributed by atoms with Gasteiger partial charge in [0.25, 0.3) is 0 Å². The molecule has 0 aromatic carbocycles. The fourth-order valence-electron chi connectivity index (χ4n) is 14.1. The maximum atomic E-state index is 12.6. The van der Waals surface area contributed by atoms with Gasteiger partial charge in [0.2, 0.25) is 5.91 Å². The molecule has 0 heterocycles. The van der Waals surface area contributed by atoms with Crippen LogP contribution in [-0.2, 0) is 14.3 Å². The molecule has 0 aliphatic carbocycles. The van der Waals surface area contributed by atoms with E-state index >= 15 is 0 Å². The Balaban J connectivity index is 3.31. The molecule has 1 amide bonds. The molecule has 0 saturated carbocycles. The molecule has 0 bridgehead atoms. The molecule has 3 N–H and O–H groups in total. The molecule has 0 aliphatic heterocycles. The smallest absolute Gasteiger partial charge is 0.305 e. The van der Waals surface area contributed by atoms with Gasteiger partial charge in [-0.1, -0.05) is 456 Å². The van der Waals surface area contributed by atoms with Gasteiger partial charge in [-0.15, -0.1) is 0 Å². The van der Waals surface area contributed by atoms with Gasteiger partial charge < -0.3 is 20.3 Å². The van der Waals surface area contributed by atoms with Crippen LogP contribution in [0.2, 0.25) is 0 Å². The van der Waals surface area contributed by atoms with E-state index in [1.807, 2.05) is 0 Å². The molecule has 558 valence electrons. The standard InChI is InChI=1S/C88H171NO5/c1-3-5-7-9-11-13-15-17-19-21-22-23-24-40-43-46-49-52-56-60-64-68-72-76-80-86(91)85(84-90)89-87(92)81-77-73-69-65-61-57-53-50-47-44-41-38-36-34-32-30-28-26-25-27-29-31-33-35-37-39-42-45-48-51-55-59-63-67-71-75-79-83-94-88(93)82-78-74-70-66-62-58-54-20-18-16-14-12-10-8-6-4-2/h14,16,20,54,85-86,90-91H,3-13,15,17-19,21-53,55-84H2,1-2H3,(H,89,92)/b16-14-,54-20-. The first-order chi connectivity index (χ1) is 46.5. The molecule has 94 heavy (non-hydrogen) atoms. The molecule has 0 aliphatic rings. The maximum absolute atomic E-state index is 12.6. The molecule has 0 aromatic rings. The Morgan fingerprint density at radius 2 is 0.532 bits per heavy atom. The number of aliphatic hydroxyl groups is 2. The van der Waals surface area contributed by atoms with Gasteiger partial charge in [-0.2, -0.15) is 0 Å². The Kier molecular flexibility index (Phi) is 82.3. The van der Waals surface area contributed by atoms with E-state index in [2.05, 4.69) is 43.5 Å². The van der Waals surface area contributed by atoms with E-state index in [1.54, 1.807) is 0 Å². The number of ether oxygens (including phenoxy) is 1. The highest BCUT2D eigenvalue weighted by atomic mass is 16.5. The lowest BCUT2D eigenvalue weighted by molar-refractivity contribution is -0.143. The number of nitrogens with one attached hydrogen (secondary N) is 1. The third kappa shape index (κ3) is 79.3. The van der Waals surface area contributed by atoms with Crippen LogP contribution in [0.3, 0.4) is 0 Å². The van der Waals surface area contributed by atoms with E-state index in [0.717, 1.165) is 51.4 Å². The monoisotopic (exact) mass is 1320 g/mol. The average Bonchev–Trinajstić information content (AvgIpc) is 3.79.